The quantitative estimate of drug-likeness (QED) is 0.241. The van der Waals surface area contributed by atoms with Crippen LogP contribution >= 0.6 is 12.2 Å². The van der Waals surface area contributed by atoms with Crippen LogP contribution in [0.5, 0.6) is 11.5 Å². The highest BCUT2D eigenvalue weighted by Gasteiger charge is 2.24. The van der Waals surface area contributed by atoms with Crippen molar-refractivity contribution < 1.29 is 33.7 Å². The number of hydrogen-bond donors (Lipinski definition) is 3. The third-order valence-corrected chi connectivity index (χ3v) is 6.66. The molecule has 2 aliphatic heterocycles. The minimum absolute atomic E-state index is 0.279. The molecule has 0 unspecified atom stereocenters. The zero-order valence-corrected chi connectivity index (χ0v) is 22.0. The monoisotopic (exact) mass is 563 g/mol. The molecule has 4 aromatic rings. The number of aliphatic carboxylic acids is 2. The fraction of sp³-hybridized carbons (Fsp3) is 0.222. The summed E-state index contributed by atoms with van der Waals surface area (Å²) in [5.74, 6) is -0.105. The maximum absolute atomic E-state index is 9.55. The number of hydrogen-bond acceptors (Lipinski definition) is 9. The van der Waals surface area contributed by atoms with Gasteiger partial charge in [-0.15, -0.1) is 0 Å². The van der Waals surface area contributed by atoms with Crippen molar-refractivity contribution in [2.45, 2.75) is 6.54 Å². The maximum Gasteiger partial charge on any atom is 0.328 e. The second-order valence-corrected chi connectivity index (χ2v) is 9.19. The summed E-state index contributed by atoms with van der Waals surface area (Å²) in [6.45, 7) is 4.13. The average molecular weight is 564 g/mol. The summed E-state index contributed by atoms with van der Waals surface area (Å²) < 4.78 is 16.9. The second kappa shape index (κ2) is 11.9. The summed E-state index contributed by atoms with van der Waals surface area (Å²) in [5, 5.41) is 20.7. The van der Waals surface area contributed by atoms with E-state index in [1.54, 1.807) is 6.33 Å². The molecule has 2 aromatic heterocycles. The summed E-state index contributed by atoms with van der Waals surface area (Å²) in [5.41, 5.74) is 3.53. The Kier molecular flexibility index (Phi) is 7.92. The van der Waals surface area contributed by atoms with Crippen molar-refractivity contribution in [3.63, 3.8) is 0 Å². The van der Waals surface area contributed by atoms with Crippen molar-refractivity contribution >= 4 is 57.2 Å². The molecule has 6 rings (SSSR count). The first kappa shape index (κ1) is 26.7. The minimum atomic E-state index is -1.26. The van der Waals surface area contributed by atoms with Gasteiger partial charge < -0.3 is 39.2 Å². The Bertz CT molecular complexity index is 1580. The van der Waals surface area contributed by atoms with Gasteiger partial charge in [0.1, 0.15) is 17.4 Å². The predicted molar refractivity (Wildman–Crippen MR) is 150 cm³/mol. The van der Waals surface area contributed by atoms with Gasteiger partial charge in [0.05, 0.1) is 0 Å². The lowest BCUT2D eigenvalue weighted by molar-refractivity contribution is -0.134. The number of thiocarbonyl (C=S) groups is 1. The zero-order chi connectivity index (χ0) is 28.1. The molecule has 0 atom stereocenters. The molecule has 0 bridgehead atoms. The van der Waals surface area contributed by atoms with E-state index in [1.807, 2.05) is 42.5 Å². The molecule has 0 radical (unpaired) electrons. The van der Waals surface area contributed by atoms with E-state index in [0.29, 0.717) is 18.7 Å². The van der Waals surface area contributed by atoms with E-state index in [4.69, 9.17) is 36.3 Å². The molecule has 0 saturated carbocycles. The van der Waals surface area contributed by atoms with E-state index in [2.05, 4.69) is 25.1 Å². The number of carboxylic acids is 2. The Morgan fingerprint density at radius 3 is 2.45 bits per heavy atom. The predicted octanol–water partition coefficient (Wildman–Crippen LogP) is 3.01. The molecule has 2 aliphatic rings. The largest absolute Gasteiger partial charge is 0.478 e. The number of carbonyl (C=O) groups is 2. The third-order valence-electron chi connectivity index (χ3n) is 6.25. The number of para-hydroxylation sites is 1. The van der Waals surface area contributed by atoms with Crippen molar-refractivity contribution in [2.24, 2.45) is 0 Å². The van der Waals surface area contributed by atoms with Crippen molar-refractivity contribution in [3.05, 3.63) is 66.5 Å². The van der Waals surface area contributed by atoms with E-state index < -0.39 is 11.9 Å². The van der Waals surface area contributed by atoms with Gasteiger partial charge in [0, 0.05) is 50.3 Å². The fourth-order valence-corrected chi connectivity index (χ4v) is 4.60. The van der Waals surface area contributed by atoms with E-state index in [0.717, 1.165) is 76.2 Å². The van der Waals surface area contributed by atoms with Gasteiger partial charge in [-0.25, -0.2) is 19.6 Å². The summed E-state index contributed by atoms with van der Waals surface area (Å²) >= 11 is 5.64. The molecule has 1 fully saturated rings. The fourth-order valence-electron chi connectivity index (χ4n) is 4.34. The van der Waals surface area contributed by atoms with E-state index in [1.165, 1.54) is 0 Å². The minimum Gasteiger partial charge on any atom is -0.478 e. The molecular weight excluding hydrogens is 538 g/mol. The van der Waals surface area contributed by atoms with Crippen molar-refractivity contribution in [3.8, 4) is 11.5 Å². The normalized spacial score (nSPS) is 14.3. The van der Waals surface area contributed by atoms with Gasteiger partial charge in [-0.2, -0.15) is 0 Å². The van der Waals surface area contributed by atoms with E-state index in [9.17, 15) is 9.59 Å². The van der Waals surface area contributed by atoms with Gasteiger partial charge >= 0.3 is 11.9 Å². The highest BCUT2D eigenvalue weighted by atomic mass is 32.1. The molecule has 0 spiro atoms. The molecule has 12 nitrogen and oxygen atoms in total. The van der Waals surface area contributed by atoms with Gasteiger partial charge in [0.2, 0.25) is 6.79 Å². The molecule has 206 valence electrons. The first-order chi connectivity index (χ1) is 19.4. The van der Waals surface area contributed by atoms with E-state index in [-0.39, 0.29) is 6.79 Å². The molecular formula is C27H25N5O7S. The van der Waals surface area contributed by atoms with Crippen LogP contribution in [-0.4, -0.2) is 75.1 Å². The highest BCUT2D eigenvalue weighted by molar-refractivity contribution is 7.80. The lowest BCUT2D eigenvalue weighted by Crippen LogP contribution is -2.51. The van der Waals surface area contributed by atoms with Gasteiger partial charge in [0.15, 0.2) is 28.0 Å². The van der Waals surface area contributed by atoms with Crippen LogP contribution < -0.4 is 19.7 Å². The number of benzene rings is 2. The summed E-state index contributed by atoms with van der Waals surface area (Å²) in [7, 11) is 0. The number of piperazine rings is 1. The van der Waals surface area contributed by atoms with Gasteiger partial charge in [-0.1, -0.05) is 18.2 Å². The van der Waals surface area contributed by atoms with Gasteiger partial charge in [-0.3, -0.25) is 0 Å². The molecule has 13 heteroatoms. The third kappa shape index (κ3) is 6.04. The molecule has 4 heterocycles. The Labute approximate surface area is 233 Å². The van der Waals surface area contributed by atoms with Crippen molar-refractivity contribution in [2.75, 3.05) is 37.9 Å². The van der Waals surface area contributed by atoms with Crippen molar-refractivity contribution in [1.29, 1.82) is 0 Å². The molecule has 2 aromatic carbocycles. The van der Waals surface area contributed by atoms with E-state index >= 15 is 0 Å². The van der Waals surface area contributed by atoms with Crippen LogP contribution in [0.15, 0.2) is 65.4 Å². The topological polar surface area (TPSA) is 150 Å². The number of nitrogens with one attached hydrogen (secondary N) is 1. The number of fused-ring (bicyclic) bond motifs is 4. The number of carboxylic acid groups (broad SMARTS) is 2. The number of ether oxygens (including phenoxy) is 2. The summed E-state index contributed by atoms with van der Waals surface area (Å²) in [6.07, 6.45) is 2.73. The Hall–Kier alpha value is -4.91. The second-order valence-electron chi connectivity index (χ2n) is 8.80. The van der Waals surface area contributed by atoms with Crippen LogP contribution in [0.2, 0.25) is 0 Å². The first-order valence-electron chi connectivity index (χ1n) is 12.3. The lowest BCUT2D eigenvalue weighted by Gasteiger charge is -2.36. The molecule has 40 heavy (non-hydrogen) atoms. The van der Waals surface area contributed by atoms with Crippen LogP contribution in [0.4, 0.5) is 5.82 Å². The van der Waals surface area contributed by atoms with Gasteiger partial charge in [0.25, 0.3) is 0 Å². The number of rotatable bonds is 5. The maximum atomic E-state index is 9.55. The lowest BCUT2D eigenvalue weighted by atomic mass is 10.2. The highest BCUT2D eigenvalue weighted by Crippen LogP contribution is 2.33. The number of furan rings is 1. The molecule has 0 amide bonds. The SMILES string of the molecule is O=C(O)/C=C/C(=O)O.S=C(NCc1ccc2c(c1)OCO2)N1CCN(c2ncnc3c2oc2ccccc23)CC1. The van der Waals surface area contributed by atoms with Gasteiger partial charge in [-0.05, 0) is 42.0 Å². The number of aromatic nitrogens is 2. The Morgan fingerprint density at radius 1 is 0.975 bits per heavy atom. The number of nitrogens with zero attached hydrogens (tertiary/aromatic N) is 4. The Balaban J connectivity index is 0.000000355. The van der Waals surface area contributed by atoms with Crippen LogP contribution in [0.1, 0.15) is 5.56 Å². The van der Waals surface area contributed by atoms with Crippen LogP contribution in [0, 0.1) is 0 Å². The molecule has 1 saturated heterocycles. The number of anilines is 1. The van der Waals surface area contributed by atoms with Crippen LogP contribution in [-0.2, 0) is 16.1 Å². The average Bonchev–Trinajstić information content (AvgIpc) is 3.59. The standard InChI is InChI=1S/C23H21N5O3S.C4H4O4/c32-23(24-12-15-5-6-18-19(11-15)30-14-29-18)28-9-7-27(8-10-28)22-21-20(25-13-26-22)16-3-1-2-4-17(16)31-21;5-3(6)1-2-4(7)8/h1-6,11,13H,7-10,12,14H2,(H,24,32);1-2H,(H,5,6)(H,7,8)/b;2-1+. The Morgan fingerprint density at radius 2 is 1.70 bits per heavy atom. The van der Waals surface area contributed by atoms with Crippen molar-refractivity contribution in [1.82, 2.24) is 20.2 Å². The zero-order valence-electron chi connectivity index (χ0n) is 21.1. The first-order valence-corrected chi connectivity index (χ1v) is 12.7. The summed E-state index contributed by atoms with van der Waals surface area (Å²) in [4.78, 5) is 32.5. The summed E-state index contributed by atoms with van der Waals surface area (Å²) in [6, 6.07) is 13.9. The smallest absolute Gasteiger partial charge is 0.328 e. The van der Waals surface area contributed by atoms with Crippen LogP contribution in [0.25, 0.3) is 22.1 Å². The molecule has 3 N–H and O–H groups in total. The van der Waals surface area contributed by atoms with Crippen LogP contribution in [0.3, 0.4) is 0 Å². The molecule has 0 aliphatic carbocycles.